The fraction of sp³-hybridized carbons (Fsp3) is 0.176. The monoisotopic (exact) mass is 690 g/mol. The van der Waals surface area contributed by atoms with Crippen LogP contribution in [-0.4, -0.2) is 64.6 Å². The van der Waals surface area contributed by atoms with Crippen LogP contribution in [0.3, 0.4) is 0 Å². The molecule has 0 saturated heterocycles. The summed E-state index contributed by atoms with van der Waals surface area (Å²) in [5.74, 6) is -0.0871. The second kappa shape index (κ2) is 12.5. The van der Waals surface area contributed by atoms with Crippen molar-refractivity contribution in [1.29, 1.82) is 0 Å². The third-order valence-electron chi connectivity index (χ3n) is 8.16. The largest absolute Gasteiger partial charge is 0.340 e. The summed E-state index contributed by atoms with van der Waals surface area (Å²) in [5, 5.41) is 3.88. The second-order valence-corrected chi connectivity index (χ2v) is 15.5. The summed E-state index contributed by atoms with van der Waals surface area (Å²) in [4.78, 5) is 27.7. The number of halogens is 1. The highest BCUT2D eigenvalue weighted by Gasteiger charge is 2.30. The van der Waals surface area contributed by atoms with Crippen LogP contribution in [-0.2, 0) is 32.7 Å². The molecule has 0 bridgehead atoms. The van der Waals surface area contributed by atoms with Gasteiger partial charge < -0.3 is 14.8 Å². The molecule has 0 unspecified atom stereocenters. The number of sulfone groups is 1. The Morgan fingerprint density at radius 2 is 1.57 bits per heavy atom. The molecule has 2 heterocycles. The zero-order valence-electron chi connectivity index (χ0n) is 25.5. The molecule has 3 amide bonds. The van der Waals surface area contributed by atoms with Gasteiger partial charge in [0.05, 0.1) is 15.3 Å². The molecule has 13 heteroatoms. The van der Waals surface area contributed by atoms with E-state index in [1.807, 2.05) is 57.8 Å². The van der Waals surface area contributed by atoms with Crippen LogP contribution < -0.4 is 10.0 Å². The third-order valence-corrected chi connectivity index (χ3v) is 10.9. The van der Waals surface area contributed by atoms with Crippen LogP contribution in [0.15, 0.2) is 101 Å². The zero-order chi connectivity index (χ0) is 33.5. The molecule has 6 rings (SSSR count). The number of likely N-dealkylation sites (N-methyl/N-ethyl adjacent to an activating group) is 1. The Hall–Kier alpha value is -4.65. The van der Waals surface area contributed by atoms with Gasteiger partial charge in [0.25, 0.3) is 15.9 Å². The first-order valence-corrected chi connectivity index (χ1v) is 18.5. The number of benzene rings is 4. The molecule has 10 nitrogen and oxygen atoms in total. The van der Waals surface area contributed by atoms with E-state index in [-0.39, 0.29) is 22.2 Å². The molecule has 47 heavy (non-hydrogen) atoms. The Balaban J connectivity index is 1.23. The summed E-state index contributed by atoms with van der Waals surface area (Å²) >= 11 is 5.82. The van der Waals surface area contributed by atoms with E-state index in [0.29, 0.717) is 30.1 Å². The van der Waals surface area contributed by atoms with Crippen molar-refractivity contribution < 1.29 is 26.4 Å². The first-order valence-electron chi connectivity index (χ1n) is 14.7. The number of hydrogen-bond acceptors (Lipinski definition) is 6. The van der Waals surface area contributed by atoms with Crippen molar-refractivity contribution >= 4 is 54.3 Å². The molecule has 4 aromatic carbocycles. The van der Waals surface area contributed by atoms with Crippen LogP contribution in [0.1, 0.15) is 21.6 Å². The van der Waals surface area contributed by atoms with E-state index >= 15 is 0 Å². The Labute approximate surface area is 277 Å². The van der Waals surface area contributed by atoms with Gasteiger partial charge >= 0.3 is 6.03 Å². The highest BCUT2D eigenvalue weighted by atomic mass is 35.5. The van der Waals surface area contributed by atoms with E-state index in [4.69, 9.17) is 11.6 Å². The van der Waals surface area contributed by atoms with E-state index < -0.39 is 25.9 Å². The van der Waals surface area contributed by atoms with Crippen molar-refractivity contribution in [2.45, 2.75) is 22.6 Å². The maximum atomic E-state index is 13.5. The van der Waals surface area contributed by atoms with Gasteiger partial charge in [-0.25, -0.2) is 26.4 Å². The summed E-state index contributed by atoms with van der Waals surface area (Å²) in [5.41, 5.74) is 5.69. The predicted octanol–water partition coefficient (Wildman–Crippen LogP) is 5.21. The van der Waals surface area contributed by atoms with E-state index in [1.54, 1.807) is 30.1 Å². The maximum absolute atomic E-state index is 13.5. The SMILES string of the molecule is CN1CCc2c(n(-c3ccc(CCNC(=O)NS(=O)(=O)c4ccc(Cl)cc4)cc3)c3ccc(-c4cccc(S(C)(=O)=O)c4)cc23)C1=O. The summed E-state index contributed by atoms with van der Waals surface area (Å²) in [7, 11) is -5.64. The van der Waals surface area contributed by atoms with Crippen molar-refractivity contribution in [2.75, 3.05) is 26.4 Å². The molecule has 1 aliphatic rings. The Morgan fingerprint density at radius 3 is 2.28 bits per heavy atom. The molecule has 0 radical (unpaired) electrons. The minimum atomic E-state index is -4.04. The average molecular weight is 691 g/mol. The average Bonchev–Trinajstić information content (AvgIpc) is 3.37. The van der Waals surface area contributed by atoms with Gasteiger partial charge in [0, 0.05) is 42.5 Å². The van der Waals surface area contributed by atoms with E-state index in [2.05, 4.69) is 5.32 Å². The third kappa shape index (κ3) is 6.62. The minimum absolute atomic E-state index is 0.0746. The smallest absolute Gasteiger partial charge is 0.328 e. The lowest BCUT2D eigenvalue weighted by molar-refractivity contribution is 0.0773. The van der Waals surface area contributed by atoms with Gasteiger partial charge in [-0.15, -0.1) is 0 Å². The number of carbonyl (C=O) groups is 2. The van der Waals surface area contributed by atoms with Crippen LogP contribution in [0, 0.1) is 0 Å². The molecule has 5 aromatic rings. The van der Waals surface area contributed by atoms with Gasteiger partial charge in [-0.2, -0.15) is 0 Å². The van der Waals surface area contributed by atoms with Crippen molar-refractivity contribution in [3.8, 4) is 16.8 Å². The molecule has 0 atom stereocenters. The number of urea groups is 1. The number of fused-ring (bicyclic) bond motifs is 3. The number of carbonyl (C=O) groups excluding carboxylic acids is 2. The molecule has 1 aromatic heterocycles. The lowest BCUT2D eigenvalue weighted by atomic mass is 9.99. The molecule has 1 aliphatic heterocycles. The highest BCUT2D eigenvalue weighted by Crippen LogP contribution is 2.36. The molecular formula is C34H31ClN4O6S2. The van der Waals surface area contributed by atoms with E-state index in [1.165, 1.54) is 30.5 Å². The van der Waals surface area contributed by atoms with E-state index in [0.717, 1.165) is 38.8 Å². The molecule has 0 saturated carbocycles. The number of nitrogens with zero attached hydrogens (tertiary/aromatic N) is 2. The normalized spacial score (nSPS) is 13.4. The zero-order valence-corrected chi connectivity index (χ0v) is 27.9. The van der Waals surface area contributed by atoms with Gasteiger partial charge in [-0.05, 0) is 95.8 Å². The molecule has 242 valence electrons. The number of hydrogen-bond donors (Lipinski definition) is 2. The topological polar surface area (TPSA) is 135 Å². The lowest BCUT2D eigenvalue weighted by Crippen LogP contribution is -2.40. The standard InChI is InChI=1S/C34H31ClN4O6S2/c1-38-19-17-29-30-21-24(23-4-3-5-28(20-23)46(2,42)43)8-15-31(30)39(32(29)33(38)40)26-11-6-22(7-12-26)16-18-36-34(41)37-47(44,45)27-13-9-25(35)10-14-27/h3-15,20-21H,16-19H2,1-2H3,(H2,36,37,41). The number of amides is 3. The molecule has 0 aliphatic carbocycles. The van der Waals surface area contributed by atoms with Gasteiger partial charge in [0.2, 0.25) is 0 Å². The Morgan fingerprint density at radius 1 is 0.872 bits per heavy atom. The summed E-state index contributed by atoms with van der Waals surface area (Å²) < 4.78 is 53.2. The molecular weight excluding hydrogens is 660 g/mol. The van der Waals surface area contributed by atoms with Crippen molar-refractivity contribution in [3.63, 3.8) is 0 Å². The number of aromatic nitrogens is 1. The molecule has 2 N–H and O–H groups in total. The maximum Gasteiger partial charge on any atom is 0.328 e. The van der Waals surface area contributed by atoms with Crippen molar-refractivity contribution in [2.24, 2.45) is 0 Å². The Bertz CT molecular complexity index is 2250. The molecule has 0 spiro atoms. The summed E-state index contributed by atoms with van der Waals surface area (Å²) in [6.45, 7) is 0.773. The van der Waals surface area contributed by atoms with Gasteiger partial charge in [0.1, 0.15) is 5.69 Å². The predicted molar refractivity (Wildman–Crippen MR) is 181 cm³/mol. The van der Waals surface area contributed by atoms with Crippen LogP contribution in [0.5, 0.6) is 0 Å². The minimum Gasteiger partial charge on any atom is -0.340 e. The number of nitrogens with one attached hydrogen (secondary N) is 2. The highest BCUT2D eigenvalue weighted by molar-refractivity contribution is 7.90. The number of rotatable bonds is 8. The van der Waals surface area contributed by atoms with Crippen molar-refractivity contribution in [3.05, 3.63) is 113 Å². The quantitative estimate of drug-likeness (QED) is 0.230. The lowest BCUT2D eigenvalue weighted by Gasteiger charge is -2.24. The van der Waals surface area contributed by atoms with Crippen LogP contribution in [0.2, 0.25) is 5.02 Å². The fourth-order valence-electron chi connectivity index (χ4n) is 5.71. The van der Waals surface area contributed by atoms with Gasteiger partial charge in [-0.3, -0.25) is 4.79 Å². The molecule has 0 fully saturated rings. The summed E-state index contributed by atoms with van der Waals surface area (Å²) in [6.07, 6.45) is 2.30. The number of sulfonamides is 1. The van der Waals surface area contributed by atoms with Crippen LogP contribution in [0.4, 0.5) is 4.79 Å². The summed E-state index contributed by atoms with van der Waals surface area (Å²) in [6, 6.07) is 25.0. The van der Waals surface area contributed by atoms with Gasteiger partial charge in [0.15, 0.2) is 9.84 Å². The van der Waals surface area contributed by atoms with Crippen LogP contribution >= 0.6 is 11.6 Å². The Kier molecular flexibility index (Phi) is 8.60. The van der Waals surface area contributed by atoms with Gasteiger partial charge in [-0.1, -0.05) is 41.9 Å². The van der Waals surface area contributed by atoms with E-state index in [9.17, 15) is 26.4 Å². The first-order chi connectivity index (χ1) is 22.3. The van der Waals surface area contributed by atoms with Crippen LogP contribution in [0.25, 0.3) is 27.7 Å². The fourth-order valence-corrected chi connectivity index (χ4v) is 7.43. The first kappa shape index (κ1) is 32.3. The second-order valence-electron chi connectivity index (χ2n) is 11.4. The van der Waals surface area contributed by atoms with Crippen molar-refractivity contribution in [1.82, 2.24) is 19.5 Å².